The van der Waals surface area contributed by atoms with E-state index in [-0.39, 0.29) is 17.7 Å². The summed E-state index contributed by atoms with van der Waals surface area (Å²) in [6.45, 7) is 9.03. The van der Waals surface area contributed by atoms with Gasteiger partial charge in [-0.15, -0.1) is 0 Å². The van der Waals surface area contributed by atoms with Gasteiger partial charge in [-0.05, 0) is 50.7 Å². The molecule has 4 heterocycles. The molecule has 1 atom stereocenters. The number of aromatic nitrogens is 6. The Bertz CT molecular complexity index is 1590. The van der Waals surface area contributed by atoms with Gasteiger partial charge in [0.05, 0.1) is 24.9 Å². The number of fused-ring (bicyclic) bond motifs is 1. The van der Waals surface area contributed by atoms with Crippen LogP contribution in [0.3, 0.4) is 0 Å². The van der Waals surface area contributed by atoms with Crippen molar-refractivity contribution in [3.63, 3.8) is 0 Å². The lowest BCUT2D eigenvalue weighted by molar-refractivity contribution is -0.0430. The minimum atomic E-state index is -0.677. The fraction of sp³-hybridized carbons (Fsp3) is 0.552. The van der Waals surface area contributed by atoms with Crippen LogP contribution >= 0.6 is 11.6 Å². The number of methoxy groups -OCH3 is 1. The van der Waals surface area contributed by atoms with Crippen molar-refractivity contribution in [3.8, 4) is 22.9 Å². The number of imidazole rings is 1. The molecule has 2 aliphatic rings. The molecule has 218 valence electrons. The molecular formula is C29H36ClN7O4. The summed E-state index contributed by atoms with van der Waals surface area (Å²) in [4.78, 5) is 31.5. The van der Waals surface area contributed by atoms with Crippen LogP contribution in [0.15, 0.2) is 33.6 Å². The van der Waals surface area contributed by atoms with Crippen LogP contribution in [0.4, 0.5) is 5.95 Å². The summed E-state index contributed by atoms with van der Waals surface area (Å²) in [6, 6.07) is 7.50. The van der Waals surface area contributed by atoms with E-state index in [1.807, 2.05) is 24.3 Å². The van der Waals surface area contributed by atoms with Crippen molar-refractivity contribution >= 4 is 28.7 Å². The summed E-state index contributed by atoms with van der Waals surface area (Å²) in [6.07, 6.45) is 4.74. The molecular weight excluding hydrogens is 546 g/mol. The number of benzene rings is 1. The van der Waals surface area contributed by atoms with Crippen LogP contribution in [0.2, 0.25) is 5.02 Å². The minimum Gasteiger partial charge on any atom is -0.377 e. The van der Waals surface area contributed by atoms with Gasteiger partial charge in [0, 0.05) is 30.8 Å². The van der Waals surface area contributed by atoms with E-state index in [9.17, 15) is 4.79 Å². The maximum absolute atomic E-state index is 11.8. The van der Waals surface area contributed by atoms with Crippen LogP contribution in [-0.2, 0) is 16.0 Å². The highest BCUT2D eigenvalue weighted by molar-refractivity contribution is 6.30. The third-order valence-corrected chi connectivity index (χ3v) is 8.86. The number of hydrogen-bond donors (Lipinski definition) is 1. The zero-order chi connectivity index (χ0) is 28.7. The molecule has 0 bridgehead atoms. The number of rotatable bonds is 7. The predicted octanol–water partition coefficient (Wildman–Crippen LogP) is 4.95. The van der Waals surface area contributed by atoms with Crippen molar-refractivity contribution < 1.29 is 14.0 Å². The average molecular weight is 582 g/mol. The Kier molecular flexibility index (Phi) is 7.60. The third kappa shape index (κ3) is 5.50. The van der Waals surface area contributed by atoms with E-state index in [1.54, 1.807) is 7.11 Å². The molecule has 1 aromatic carbocycles. The standard InChI is InChI=1S/C29H36ClN7O4/c1-17-8-10-18(11-9-17)15-37-23-22(19-6-5-7-20(30)14-19)31-25(26-34-28(38)41-35-26)32-24(23)33-27(37)36-12-13-40-16-21(36)29(2,3)39-4/h5-7,14,17-18,21H,8-13,15-16H2,1-4H3,(H,34,35,38). The van der Waals surface area contributed by atoms with Crippen molar-refractivity contribution in [2.75, 3.05) is 31.8 Å². The quantitative estimate of drug-likeness (QED) is 0.323. The summed E-state index contributed by atoms with van der Waals surface area (Å²) < 4.78 is 18.9. The van der Waals surface area contributed by atoms with Gasteiger partial charge in [-0.3, -0.25) is 9.51 Å². The fourth-order valence-electron chi connectivity index (χ4n) is 6.01. The maximum Gasteiger partial charge on any atom is 0.439 e. The summed E-state index contributed by atoms with van der Waals surface area (Å²) >= 11 is 6.45. The number of aromatic amines is 1. The van der Waals surface area contributed by atoms with E-state index in [2.05, 4.69) is 40.4 Å². The zero-order valence-electron chi connectivity index (χ0n) is 23.9. The van der Waals surface area contributed by atoms with Crippen molar-refractivity contribution in [2.45, 2.75) is 64.6 Å². The molecule has 12 heteroatoms. The van der Waals surface area contributed by atoms with Crippen LogP contribution in [0.25, 0.3) is 34.1 Å². The molecule has 0 amide bonds. The van der Waals surface area contributed by atoms with E-state index in [0.29, 0.717) is 42.0 Å². The summed E-state index contributed by atoms with van der Waals surface area (Å²) in [7, 11) is 1.73. The Morgan fingerprint density at radius 1 is 1.17 bits per heavy atom. The average Bonchev–Trinajstić information content (AvgIpc) is 3.57. The largest absolute Gasteiger partial charge is 0.439 e. The highest BCUT2D eigenvalue weighted by Crippen LogP contribution is 2.38. The Morgan fingerprint density at radius 3 is 2.68 bits per heavy atom. The SMILES string of the molecule is COC(C)(C)C1COCCN1c1nc2nc(-c3noc(=O)[nH]3)nc(-c3cccc(Cl)c3)c2n1CC1CCC(C)CC1. The third-order valence-electron chi connectivity index (χ3n) is 8.62. The van der Waals surface area contributed by atoms with E-state index >= 15 is 0 Å². The Labute approximate surface area is 243 Å². The molecule has 1 aliphatic carbocycles. The monoisotopic (exact) mass is 581 g/mol. The van der Waals surface area contributed by atoms with Gasteiger partial charge in [-0.1, -0.05) is 48.7 Å². The van der Waals surface area contributed by atoms with Gasteiger partial charge >= 0.3 is 5.76 Å². The van der Waals surface area contributed by atoms with Gasteiger partial charge in [0.15, 0.2) is 5.65 Å². The smallest absolute Gasteiger partial charge is 0.377 e. The van der Waals surface area contributed by atoms with E-state index in [4.69, 9.17) is 40.5 Å². The van der Waals surface area contributed by atoms with Crippen molar-refractivity contribution in [3.05, 3.63) is 39.8 Å². The molecule has 3 aromatic heterocycles. The lowest BCUT2D eigenvalue weighted by Gasteiger charge is -2.44. The molecule has 1 N–H and O–H groups in total. The van der Waals surface area contributed by atoms with Crippen LogP contribution < -0.4 is 10.7 Å². The molecule has 6 rings (SSSR count). The number of ether oxygens (including phenoxy) is 2. The number of hydrogen-bond acceptors (Lipinski definition) is 9. The lowest BCUT2D eigenvalue weighted by atomic mass is 9.83. The second kappa shape index (κ2) is 11.2. The molecule has 1 saturated carbocycles. The fourth-order valence-corrected chi connectivity index (χ4v) is 6.20. The highest BCUT2D eigenvalue weighted by Gasteiger charge is 2.40. The van der Waals surface area contributed by atoms with Crippen LogP contribution in [0, 0.1) is 11.8 Å². The van der Waals surface area contributed by atoms with Crippen molar-refractivity contribution in [2.24, 2.45) is 11.8 Å². The Hall–Kier alpha value is -3.28. The van der Waals surface area contributed by atoms with E-state index in [0.717, 1.165) is 42.3 Å². The van der Waals surface area contributed by atoms with Crippen LogP contribution in [0.1, 0.15) is 46.5 Å². The second-order valence-electron chi connectivity index (χ2n) is 11.8. The number of H-pyrrole nitrogens is 1. The first-order chi connectivity index (χ1) is 19.7. The van der Waals surface area contributed by atoms with Crippen molar-refractivity contribution in [1.29, 1.82) is 0 Å². The summed E-state index contributed by atoms with van der Waals surface area (Å²) in [5.74, 6) is 1.73. The number of nitrogens with zero attached hydrogens (tertiary/aromatic N) is 6. The Morgan fingerprint density at radius 2 is 1.98 bits per heavy atom. The molecule has 41 heavy (non-hydrogen) atoms. The second-order valence-corrected chi connectivity index (χ2v) is 12.2. The van der Waals surface area contributed by atoms with Gasteiger partial charge < -0.3 is 18.9 Å². The Balaban J connectivity index is 1.59. The molecule has 1 unspecified atom stereocenters. The number of halogens is 1. The minimum absolute atomic E-state index is 0.0721. The van der Waals surface area contributed by atoms with E-state index < -0.39 is 11.4 Å². The molecule has 11 nitrogen and oxygen atoms in total. The first-order valence-electron chi connectivity index (χ1n) is 14.2. The van der Waals surface area contributed by atoms with Crippen LogP contribution in [0.5, 0.6) is 0 Å². The lowest BCUT2D eigenvalue weighted by Crippen LogP contribution is -2.58. The van der Waals surface area contributed by atoms with Gasteiger partial charge in [0.2, 0.25) is 17.6 Å². The number of nitrogens with one attached hydrogen (secondary N) is 1. The molecule has 0 radical (unpaired) electrons. The number of morpholine rings is 1. The first-order valence-corrected chi connectivity index (χ1v) is 14.6. The molecule has 2 fully saturated rings. The van der Waals surface area contributed by atoms with Gasteiger partial charge in [0.25, 0.3) is 0 Å². The van der Waals surface area contributed by atoms with Crippen LogP contribution in [-0.4, -0.2) is 68.2 Å². The van der Waals surface area contributed by atoms with Gasteiger partial charge in [-0.2, -0.15) is 4.98 Å². The zero-order valence-corrected chi connectivity index (χ0v) is 24.6. The van der Waals surface area contributed by atoms with Crippen molar-refractivity contribution in [1.82, 2.24) is 29.7 Å². The topological polar surface area (TPSA) is 124 Å². The summed E-state index contributed by atoms with van der Waals surface area (Å²) in [5, 5.41) is 4.44. The molecule has 4 aromatic rings. The highest BCUT2D eigenvalue weighted by atomic mass is 35.5. The van der Waals surface area contributed by atoms with E-state index in [1.165, 1.54) is 12.8 Å². The summed E-state index contributed by atoms with van der Waals surface area (Å²) in [5.41, 5.74) is 2.31. The maximum atomic E-state index is 11.8. The number of anilines is 1. The normalized spacial score (nSPS) is 22.0. The predicted molar refractivity (Wildman–Crippen MR) is 156 cm³/mol. The first kappa shape index (κ1) is 27.9. The molecule has 1 saturated heterocycles. The molecule has 0 spiro atoms. The molecule has 1 aliphatic heterocycles. The van der Waals surface area contributed by atoms with Gasteiger partial charge in [-0.25, -0.2) is 14.8 Å². The van der Waals surface area contributed by atoms with Gasteiger partial charge in [0.1, 0.15) is 11.2 Å².